The van der Waals surface area contributed by atoms with Gasteiger partial charge in [0.25, 0.3) is 5.56 Å². The molecule has 38 heavy (non-hydrogen) atoms. The number of ether oxygens (including phenoxy) is 1. The summed E-state index contributed by atoms with van der Waals surface area (Å²) in [6.45, 7) is 6.84. The zero-order valence-corrected chi connectivity index (χ0v) is 21.7. The molecule has 0 aliphatic carbocycles. The van der Waals surface area contributed by atoms with Crippen molar-refractivity contribution in [3.05, 3.63) is 58.4 Å². The third-order valence-corrected chi connectivity index (χ3v) is 6.46. The summed E-state index contributed by atoms with van der Waals surface area (Å²) in [7, 11) is 0. The lowest BCUT2D eigenvalue weighted by atomic mass is 10.1. The number of hydrogen-bond acceptors (Lipinski definition) is 5. The highest BCUT2D eigenvalue weighted by Crippen LogP contribution is 2.32. The summed E-state index contributed by atoms with van der Waals surface area (Å²) < 4.78 is 47.1. The van der Waals surface area contributed by atoms with E-state index in [0.29, 0.717) is 17.9 Å². The Morgan fingerprint density at radius 2 is 1.87 bits per heavy atom. The lowest BCUT2D eigenvalue weighted by Gasteiger charge is -2.26. The van der Waals surface area contributed by atoms with E-state index in [1.165, 1.54) is 31.4 Å². The number of carbonyl (C=O) groups excluding carboxylic acids is 1. The molecule has 1 fully saturated rings. The molecule has 1 aromatic heterocycles. The highest BCUT2D eigenvalue weighted by Gasteiger charge is 2.31. The summed E-state index contributed by atoms with van der Waals surface area (Å²) in [6.07, 6.45) is 0.0207. The van der Waals surface area contributed by atoms with Gasteiger partial charge >= 0.3 is 6.18 Å². The maximum absolute atomic E-state index is 13.6. The highest BCUT2D eigenvalue weighted by molar-refractivity contribution is 5.83. The van der Waals surface area contributed by atoms with Crippen molar-refractivity contribution < 1.29 is 22.7 Å². The number of amides is 1. The number of likely N-dealkylation sites (tertiary alicyclic amines) is 1. The van der Waals surface area contributed by atoms with Crippen LogP contribution in [0.2, 0.25) is 0 Å². The Bertz CT molecular complexity index is 1330. The first-order valence-corrected chi connectivity index (χ1v) is 13.0. The second-order valence-electron chi connectivity index (χ2n) is 9.91. The fourth-order valence-corrected chi connectivity index (χ4v) is 4.66. The number of alkyl halides is 3. The summed E-state index contributed by atoms with van der Waals surface area (Å²) in [5.41, 5.74) is -0.992. The molecule has 0 radical (unpaired) electrons. The van der Waals surface area contributed by atoms with Crippen molar-refractivity contribution in [2.75, 3.05) is 26.2 Å². The Kier molecular flexibility index (Phi) is 8.71. The molecule has 0 spiro atoms. The Labute approximate surface area is 219 Å². The van der Waals surface area contributed by atoms with Crippen molar-refractivity contribution in [2.45, 2.75) is 58.3 Å². The molecule has 1 N–H and O–H groups in total. The van der Waals surface area contributed by atoms with Gasteiger partial charge in [-0.05, 0) is 76.5 Å². The van der Waals surface area contributed by atoms with Gasteiger partial charge in [-0.3, -0.25) is 14.2 Å². The number of benzene rings is 2. The van der Waals surface area contributed by atoms with E-state index in [1.807, 2.05) is 0 Å². The van der Waals surface area contributed by atoms with E-state index in [4.69, 9.17) is 4.74 Å². The Hall–Kier alpha value is -3.40. The number of nitrogens with one attached hydrogen (secondary N) is 1. The van der Waals surface area contributed by atoms with Gasteiger partial charge in [0.15, 0.2) is 0 Å². The number of rotatable bonds is 9. The summed E-state index contributed by atoms with van der Waals surface area (Å²) >= 11 is 0. The molecule has 0 atom stereocenters. The van der Waals surface area contributed by atoms with E-state index in [1.54, 1.807) is 32.0 Å². The first-order chi connectivity index (χ1) is 18.1. The Balaban J connectivity index is 1.64. The third-order valence-electron chi connectivity index (χ3n) is 6.46. The van der Waals surface area contributed by atoms with Crippen LogP contribution in [0, 0.1) is 0 Å². The normalized spacial score (nSPS) is 14.7. The van der Waals surface area contributed by atoms with Crippen LogP contribution in [0.3, 0.4) is 0 Å². The van der Waals surface area contributed by atoms with E-state index in [2.05, 4.69) is 15.2 Å². The fourth-order valence-electron chi connectivity index (χ4n) is 4.66. The minimum Gasteiger partial charge on any atom is -0.494 e. The van der Waals surface area contributed by atoms with Gasteiger partial charge in [0.1, 0.15) is 18.1 Å². The molecule has 1 aliphatic rings. The Morgan fingerprint density at radius 3 is 2.58 bits per heavy atom. The van der Waals surface area contributed by atoms with Crippen LogP contribution in [0.5, 0.6) is 5.75 Å². The number of aromatic nitrogens is 2. The number of piperidine rings is 1. The van der Waals surface area contributed by atoms with Crippen LogP contribution in [0.4, 0.5) is 13.2 Å². The zero-order chi connectivity index (χ0) is 27.3. The number of carbonyl (C=O) groups is 1. The van der Waals surface area contributed by atoms with E-state index < -0.39 is 23.2 Å². The van der Waals surface area contributed by atoms with E-state index in [9.17, 15) is 22.8 Å². The molecule has 10 heteroatoms. The first kappa shape index (κ1) is 27.6. The summed E-state index contributed by atoms with van der Waals surface area (Å²) in [6, 6.07) is 9.31. The topological polar surface area (TPSA) is 76.5 Å². The predicted octanol–water partition coefficient (Wildman–Crippen LogP) is 4.86. The number of fused-ring (bicyclic) bond motifs is 1. The van der Waals surface area contributed by atoms with Gasteiger partial charge in [0.05, 0.1) is 23.1 Å². The van der Waals surface area contributed by atoms with Crippen LogP contribution in [-0.4, -0.2) is 52.6 Å². The van der Waals surface area contributed by atoms with Gasteiger partial charge in [-0.15, -0.1) is 0 Å². The molecule has 1 saturated heterocycles. The lowest BCUT2D eigenvalue weighted by molar-refractivity contribution is -0.137. The van der Waals surface area contributed by atoms with Gasteiger partial charge in [0, 0.05) is 18.2 Å². The smallest absolute Gasteiger partial charge is 0.416 e. The lowest BCUT2D eigenvalue weighted by Crippen LogP contribution is -2.37. The second-order valence-corrected chi connectivity index (χ2v) is 9.91. The number of hydrogen-bond donors (Lipinski definition) is 1. The van der Waals surface area contributed by atoms with Crippen molar-refractivity contribution in [1.82, 2.24) is 19.8 Å². The van der Waals surface area contributed by atoms with Gasteiger partial charge < -0.3 is 15.0 Å². The molecule has 0 bridgehead atoms. The zero-order valence-electron chi connectivity index (χ0n) is 21.7. The van der Waals surface area contributed by atoms with Crippen molar-refractivity contribution >= 4 is 16.8 Å². The van der Waals surface area contributed by atoms with E-state index in [0.717, 1.165) is 42.8 Å². The minimum atomic E-state index is -4.56. The molecular weight excluding hydrogens is 497 g/mol. The number of nitrogens with zero attached hydrogens (tertiary/aromatic N) is 3. The average molecular weight is 531 g/mol. The average Bonchev–Trinajstić information content (AvgIpc) is 2.88. The SMILES string of the molecule is CC(C)NC(=O)Cn1c(-c2cccc(C(F)(F)F)c2)nc2ccc(OCCCN3CCCCC3)cc2c1=O. The molecule has 1 amide bonds. The minimum absolute atomic E-state index is 0.0114. The quantitative estimate of drug-likeness (QED) is 0.400. The standard InChI is InChI=1S/C28H33F3N4O3/c1-19(2)32-25(36)18-35-26(20-8-6-9-21(16-20)28(29,30)31)33-24-11-10-22(17-23(24)27(35)37)38-15-7-14-34-12-4-3-5-13-34/h6,8-11,16-17,19H,3-5,7,12-15,18H2,1-2H3,(H,32,36). The van der Waals surface area contributed by atoms with Crippen LogP contribution >= 0.6 is 0 Å². The van der Waals surface area contributed by atoms with Crippen LogP contribution in [-0.2, 0) is 17.5 Å². The van der Waals surface area contributed by atoms with Crippen molar-refractivity contribution in [1.29, 1.82) is 0 Å². The molecular formula is C28H33F3N4O3. The van der Waals surface area contributed by atoms with Crippen LogP contribution in [0.1, 0.15) is 45.1 Å². The van der Waals surface area contributed by atoms with Crippen LogP contribution < -0.4 is 15.6 Å². The fraction of sp³-hybridized carbons (Fsp3) is 0.464. The maximum atomic E-state index is 13.6. The van der Waals surface area contributed by atoms with E-state index in [-0.39, 0.29) is 29.4 Å². The van der Waals surface area contributed by atoms with Crippen molar-refractivity contribution in [3.63, 3.8) is 0 Å². The molecule has 1 aliphatic heterocycles. The summed E-state index contributed by atoms with van der Waals surface area (Å²) in [4.78, 5) is 33.1. The van der Waals surface area contributed by atoms with Gasteiger partial charge in [-0.25, -0.2) is 4.98 Å². The monoisotopic (exact) mass is 530 g/mol. The highest BCUT2D eigenvalue weighted by atomic mass is 19.4. The van der Waals surface area contributed by atoms with Crippen LogP contribution in [0.15, 0.2) is 47.3 Å². The van der Waals surface area contributed by atoms with E-state index >= 15 is 0 Å². The predicted molar refractivity (Wildman–Crippen MR) is 140 cm³/mol. The number of halogens is 3. The molecule has 0 unspecified atom stereocenters. The van der Waals surface area contributed by atoms with Gasteiger partial charge in [0.2, 0.25) is 5.91 Å². The molecule has 0 saturated carbocycles. The van der Waals surface area contributed by atoms with Crippen LogP contribution in [0.25, 0.3) is 22.3 Å². The maximum Gasteiger partial charge on any atom is 0.416 e. The second kappa shape index (κ2) is 12.0. The summed E-state index contributed by atoms with van der Waals surface area (Å²) in [5, 5.41) is 2.95. The summed E-state index contributed by atoms with van der Waals surface area (Å²) in [5.74, 6) is 0.0457. The molecule has 3 aromatic rings. The molecule has 2 heterocycles. The molecule has 4 rings (SSSR count). The largest absolute Gasteiger partial charge is 0.494 e. The van der Waals surface area contributed by atoms with Gasteiger partial charge in [-0.2, -0.15) is 13.2 Å². The Morgan fingerprint density at radius 1 is 1.11 bits per heavy atom. The van der Waals surface area contributed by atoms with Crippen molar-refractivity contribution in [2.24, 2.45) is 0 Å². The molecule has 2 aromatic carbocycles. The third kappa shape index (κ3) is 6.92. The first-order valence-electron chi connectivity index (χ1n) is 13.0. The molecule has 7 nitrogen and oxygen atoms in total. The van der Waals surface area contributed by atoms with Gasteiger partial charge in [-0.1, -0.05) is 18.6 Å². The molecule has 204 valence electrons. The van der Waals surface area contributed by atoms with Crippen molar-refractivity contribution in [3.8, 4) is 17.1 Å².